The molecule has 0 bridgehead atoms. The molecule has 3 heteroatoms. The fourth-order valence-electron chi connectivity index (χ4n) is 1.65. The molecule has 0 saturated heterocycles. The molecule has 0 aliphatic rings. The van der Waals surface area contributed by atoms with Crippen molar-refractivity contribution in [3.63, 3.8) is 0 Å². The molecule has 0 saturated carbocycles. The van der Waals surface area contributed by atoms with E-state index < -0.39 is 11.5 Å². The second kappa shape index (κ2) is 6.82. The van der Waals surface area contributed by atoms with Gasteiger partial charge in [0.1, 0.15) is 5.54 Å². The summed E-state index contributed by atoms with van der Waals surface area (Å²) in [6.07, 6.45) is 6.37. The maximum Gasteiger partial charge on any atom is 0.323 e. The predicted octanol–water partition coefficient (Wildman–Crippen LogP) is 2.54. The zero-order chi connectivity index (χ0) is 11.0. The van der Waals surface area contributed by atoms with E-state index in [2.05, 4.69) is 6.92 Å². The fraction of sp³-hybridized carbons (Fsp3) is 0.909. The van der Waals surface area contributed by atoms with Crippen LogP contribution in [0.3, 0.4) is 0 Å². The Labute approximate surface area is 86.7 Å². The standard InChI is InChI=1S/C11H23NO2/c1-3-5-6-7-9-11(12,8-4-2)10(13)14/h3-9,12H2,1-2H3,(H,13,14). The number of nitrogens with two attached hydrogens (primary N) is 1. The smallest absolute Gasteiger partial charge is 0.323 e. The molecular weight excluding hydrogens is 178 g/mol. The van der Waals surface area contributed by atoms with Crippen LogP contribution in [0.2, 0.25) is 0 Å². The highest BCUT2D eigenvalue weighted by atomic mass is 16.4. The van der Waals surface area contributed by atoms with Gasteiger partial charge in [0.05, 0.1) is 0 Å². The Bertz CT molecular complexity index is 171. The van der Waals surface area contributed by atoms with Crippen LogP contribution < -0.4 is 5.73 Å². The molecule has 3 nitrogen and oxygen atoms in total. The molecule has 0 rings (SSSR count). The van der Waals surface area contributed by atoms with Crippen LogP contribution in [-0.4, -0.2) is 16.6 Å². The zero-order valence-electron chi connectivity index (χ0n) is 9.38. The van der Waals surface area contributed by atoms with Crippen molar-refractivity contribution in [1.29, 1.82) is 0 Å². The van der Waals surface area contributed by atoms with Crippen LogP contribution in [0.1, 0.15) is 58.8 Å². The predicted molar refractivity (Wildman–Crippen MR) is 58.2 cm³/mol. The molecule has 3 N–H and O–H groups in total. The highest BCUT2D eigenvalue weighted by Gasteiger charge is 2.31. The van der Waals surface area contributed by atoms with Gasteiger partial charge in [-0.25, -0.2) is 0 Å². The van der Waals surface area contributed by atoms with Crippen LogP contribution in [0.5, 0.6) is 0 Å². The third-order valence-electron chi connectivity index (χ3n) is 2.60. The minimum atomic E-state index is -0.984. The topological polar surface area (TPSA) is 63.3 Å². The average Bonchev–Trinajstić information content (AvgIpc) is 2.13. The van der Waals surface area contributed by atoms with Gasteiger partial charge in [-0.3, -0.25) is 4.79 Å². The SMILES string of the molecule is CCCCCCC(N)(CCC)C(=O)O. The lowest BCUT2D eigenvalue weighted by atomic mass is 9.89. The lowest BCUT2D eigenvalue weighted by Gasteiger charge is -2.23. The fourth-order valence-corrected chi connectivity index (χ4v) is 1.65. The Morgan fingerprint density at radius 3 is 2.21 bits per heavy atom. The maximum absolute atomic E-state index is 10.9. The van der Waals surface area contributed by atoms with Gasteiger partial charge in [-0.15, -0.1) is 0 Å². The molecule has 0 fully saturated rings. The molecule has 0 aromatic heterocycles. The van der Waals surface area contributed by atoms with Crippen molar-refractivity contribution < 1.29 is 9.90 Å². The van der Waals surface area contributed by atoms with Crippen LogP contribution >= 0.6 is 0 Å². The summed E-state index contributed by atoms with van der Waals surface area (Å²) in [5.74, 6) is -0.851. The van der Waals surface area contributed by atoms with Gasteiger partial charge in [0, 0.05) is 0 Å². The average molecular weight is 201 g/mol. The number of hydrogen-bond donors (Lipinski definition) is 2. The second-order valence-electron chi connectivity index (χ2n) is 4.02. The molecule has 0 aliphatic heterocycles. The Hall–Kier alpha value is -0.570. The summed E-state index contributed by atoms with van der Waals surface area (Å²) in [7, 11) is 0. The number of carbonyl (C=O) groups is 1. The number of hydrogen-bond acceptors (Lipinski definition) is 2. The third-order valence-corrected chi connectivity index (χ3v) is 2.60. The minimum Gasteiger partial charge on any atom is -0.480 e. The Morgan fingerprint density at radius 1 is 1.14 bits per heavy atom. The molecule has 0 radical (unpaired) electrons. The number of carboxylic acids is 1. The molecule has 0 amide bonds. The van der Waals surface area contributed by atoms with Crippen molar-refractivity contribution >= 4 is 5.97 Å². The van der Waals surface area contributed by atoms with Crippen molar-refractivity contribution in [3.05, 3.63) is 0 Å². The molecule has 0 spiro atoms. The summed E-state index contributed by atoms with van der Waals surface area (Å²) in [6, 6.07) is 0. The molecule has 1 unspecified atom stereocenters. The van der Waals surface area contributed by atoms with Gasteiger partial charge in [-0.05, 0) is 12.8 Å². The van der Waals surface area contributed by atoms with Gasteiger partial charge < -0.3 is 10.8 Å². The van der Waals surface area contributed by atoms with Crippen molar-refractivity contribution in [3.8, 4) is 0 Å². The van der Waals surface area contributed by atoms with Gasteiger partial charge in [-0.2, -0.15) is 0 Å². The van der Waals surface area contributed by atoms with E-state index in [-0.39, 0.29) is 0 Å². The van der Waals surface area contributed by atoms with E-state index in [9.17, 15) is 4.79 Å². The number of aliphatic carboxylic acids is 1. The third kappa shape index (κ3) is 4.61. The molecular formula is C11H23NO2. The first-order valence-corrected chi connectivity index (χ1v) is 5.59. The molecule has 0 heterocycles. The summed E-state index contributed by atoms with van der Waals surface area (Å²) < 4.78 is 0. The van der Waals surface area contributed by atoms with E-state index in [4.69, 9.17) is 10.8 Å². The summed E-state index contributed by atoms with van der Waals surface area (Å²) >= 11 is 0. The first-order valence-electron chi connectivity index (χ1n) is 5.59. The van der Waals surface area contributed by atoms with Crippen LogP contribution in [0, 0.1) is 0 Å². The first-order chi connectivity index (χ1) is 6.56. The largest absolute Gasteiger partial charge is 0.480 e. The van der Waals surface area contributed by atoms with Gasteiger partial charge >= 0.3 is 5.97 Å². The van der Waals surface area contributed by atoms with Crippen LogP contribution in [0.4, 0.5) is 0 Å². The van der Waals surface area contributed by atoms with Gasteiger partial charge in [-0.1, -0.05) is 46.0 Å². The number of carboxylic acid groups (broad SMARTS) is 1. The zero-order valence-corrected chi connectivity index (χ0v) is 9.38. The van der Waals surface area contributed by atoms with E-state index in [0.29, 0.717) is 12.8 Å². The molecule has 14 heavy (non-hydrogen) atoms. The Morgan fingerprint density at radius 2 is 1.79 bits per heavy atom. The summed E-state index contributed by atoms with van der Waals surface area (Å²) in [6.45, 7) is 4.11. The Kier molecular flexibility index (Phi) is 6.54. The van der Waals surface area contributed by atoms with Crippen molar-refractivity contribution in [2.45, 2.75) is 64.3 Å². The van der Waals surface area contributed by atoms with Crippen molar-refractivity contribution in [2.75, 3.05) is 0 Å². The quantitative estimate of drug-likeness (QED) is 0.593. The lowest BCUT2D eigenvalue weighted by Crippen LogP contribution is -2.47. The Balaban J connectivity index is 3.90. The lowest BCUT2D eigenvalue weighted by molar-refractivity contribution is -0.144. The maximum atomic E-state index is 10.9. The van der Waals surface area contributed by atoms with Gasteiger partial charge in [0.25, 0.3) is 0 Å². The van der Waals surface area contributed by atoms with Gasteiger partial charge in [0.15, 0.2) is 0 Å². The number of rotatable bonds is 8. The van der Waals surface area contributed by atoms with Gasteiger partial charge in [0.2, 0.25) is 0 Å². The van der Waals surface area contributed by atoms with Crippen molar-refractivity contribution in [2.24, 2.45) is 5.73 Å². The second-order valence-corrected chi connectivity index (χ2v) is 4.02. The van der Waals surface area contributed by atoms with E-state index >= 15 is 0 Å². The molecule has 0 aromatic rings. The van der Waals surface area contributed by atoms with E-state index in [0.717, 1.165) is 19.3 Å². The molecule has 0 aromatic carbocycles. The highest BCUT2D eigenvalue weighted by molar-refractivity contribution is 5.78. The summed E-state index contributed by atoms with van der Waals surface area (Å²) in [4.78, 5) is 10.9. The van der Waals surface area contributed by atoms with E-state index in [1.54, 1.807) is 0 Å². The van der Waals surface area contributed by atoms with E-state index in [1.807, 2.05) is 6.92 Å². The monoisotopic (exact) mass is 201 g/mol. The highest BCUT2D eigenvalue weighted by Crippen LogP contribution is 2.18. The molecule has 0 aliphatic carbocycles. The first kappa shape index (κ1) is 13.4. The number of unbranched alkanes of at least 4 members (excludes halogenated alkanes) is 3. The summed E-state index contributed by atoms with van der Waals surface area (Å²) in [5.41, 5.74) is 4.85. The van der Waals surface area contributed by atoms with E-state index in [1.165, 1.54) is 12.8 Å². The summed E-state index contributed by atoms with van der Waals surface area (Å²) in [5, 5.41) is 9.00. The normalized spacial score (nSPS) is 15.1. The van der Waals surface area contributed by atoms with Crippen LogP contribution in [-0.2, 0) is 4.79 Å². The molecule has 1 atom stereocenters. The van der Waals surface area contributed by atoms with Crippen molar-refractivity contribution in [1.82, 2.24) is 0 Å². The van der Waals surface area contributed by atoms with Crippen LogP contribution in [0.25, 0.3) is 0 Å². The van der Waals surface area contributed by atoms with Crippen LogP contribution in [0.15, 0.2) is 0 Å². The minimum absolute atomic E-state index is 0.578. The molecule has 84 valence electrons.